The molecule has 1 saturated carbocycles. The molecule has 0 amide bonds. The minimum Gasteiger partial charge on any atom is -0.314 e. The molecule has 18 heavy (non-hydrogen) atoms. The first-order chi connectivity index (χ1) is 8.85. The molecule has 0 radical (unpaired) electrons. The maximum atomic E-state index is 3.58. The second kappa shape index (κ2) is 6.94. The van der Waals surface area contributed by atoms with Crippen LogP contribution in [0, 0.1) is 0 Å². The molecule has 1 atom stereocenters. The van der Waals surface area contributed by atoms with Gasteiger partial charge in [-0.2, -0.15) is 0 Å². The van der Waals surface area contributed by atoms with Crippen LogP contribution in [0.4, 0.5) is 0 Å². The van der Waals surface area contributed by atoms with Crippen molar-refractivity contribution in [2.45, 2.75) is 64.3 Å². The largest absolute Gasteiger partial charge is 0.314 e. The highest BCUT2D eigenvalue weighted by Crippen LogP contribution is 2.38. The highest BCUT2D eigenvalue weighted by atomic mass is 14.9. The topological polar surface area (TPSA) is 12.0 Å². The normalized spacial score (nSPS) is 17.4. The predicted molar refractivity (Wildman–Crippen MR) is 79.1 cm³/mol. The Morgan fingerprint density at radius 3 is 2.61 bits per heavy atom. The van der Waals surface area contributed by atoms with Crippen molar-refractivity contribution in [3.05, 3.63) is 35.4 Å². The first kappa shape index (κ1) is 13.6. The van der Waals surface area contributed by atoms with Gasteiger partial charge in [0, 0.05) is 6.04 Å². The Kier molecular flexibility index (Phi) is 5.25. The van der Waals surface area contributed by atoms with Crippen LogP contribution in [0.2, 0.25) is 0 Å². The third kappa shape index (κ3) is 3.35. The van der Waals surface area contributed by atoms with Crippen LogP contribution in [0.15, 0.2) is 24.3 Å². The number of aryl methyl sites for hydroxylation is 1. The Balaban J connectivity index is 1.95. The van der Waals surface area contributed by atoms with Crippen molar-refractivity contribution < 1.29 is 0 Å². The monoisotopic (exact) mass is 245 g/mol. The first-order valence-corrected chi connectivity index (χ1v) is 7.66. The van der Waals surface area contributed by atoms with E-state index in [1.54, 1.807) is 11.1 Å². The van der Waals surface area contributed by atoms with E-state index in [2.05, 4.69) is 43.4 Å². The van der Waals surface area contributed by atoms with Crippen molar-refractivity contribution in [1.82, 2.24) is 5.32 Å². The zero-order chi connectivity index (χ0) is 12.8. The Morgan fingerprint density at radius 2 is 2.00 bits per heavy atom. The van der Waals surface area contributed by atoms with E-state index in [4.69, 9.17) is 0 Å². The molecule has 1 heteroatoms. The average Bonchev–Trinajstić information content (AvgIpc) is 2.34. The molecule has 100 valence electrons. The van der Waals surface area contributed by atoms with Gasteiger partial charge in [-0.1, -0.05) is 44.5 Å². The van der Waals surface area contributed by atoms with Gasteiger partial charge in [0.25, 0.3) is 0 Å². The third-order valence-electron chi connectivity index (χ3n) is 4.35. The minimum atomic E-state index is 0.685. The fourth-order valence-corrected chi connectivity index (χ4v) is 2.95. The highest BCUT2D eigenvalue weighted by Gasteiger charge is 2.21. The second-order valence-corrected chi connectivity index (χ2v) is 5.53. The molecule has 0 heterocycles. The van der Waals surface area contributed by atoms with Gasteiger partial charge in [0.1, 0.15) is 0 Å². The van der Waals surface area contributed by atoms with Gasteiger partial charge < -0.3 is 5.32 Å². The van der Waals surface area contributed by atoms with E-state index in [-0.39, 0.29) is 0 Å². The van der Waals surface area contributed by atoms with E-state index >= 15 is 0 Å². The Labute approximate surface area is 112 Å². The van der Waals surface area contributed by atoms with Gasteiger partial charge in [0.15, 0.2) is 0 Å². The molecule has 0 saturated heterocycles. The highest BCUT2D eigenvalue weighted by molar-refractivity contribution is 5.31. The van der Waals surface area contributed by atoms with E-state index in [0.717, 1.165) is 12.5 Å². The fourth-order valence-electron chi connectivity index (χ4n) is 2.95. The molecule has 1 aromatic rings. The smallest absolute Gasteiger partial charge is 0.00674 e. The van der Waals surface area contributed by atoms with Gasteiger partial charge >= 0.3 is 0 Å². The van der Waals surface area contributed by atoms with E-state index in [9.17, 15) is 0 Å². The van der Waals surface area contributed by atoms with Gasteiger partial charge in [0.05, 0.1) is 0 Å². The molecule has 0 bridgehead atoms. The molecule has 0 aromatic heterocycles. The summed E-state index contributed by atoms with van der Waals surface area (Å²) in [5.74, 6) is 0.861. The SMILES string of the molecule is CCNC(CC)CCc1ccccc1C1CCC1. The lowest BCUT2D eigenvalue weighted by Gasteiger charge is -2.28. The molecule has 1 fully saturated rings. The summed E-state index contributed by atoms with van der Waals surface area (Å²) in [7, 11) is 0. The summed E-state index contributed by atoms with van der Waals surface area (Å²) in [6.45, 7) is 5.57. The number of rotatable bonds is 7. The van der Waals surface area contributed by atoms with Gasteiger partial charge in [0.2, 0.25) is 0 Å². The molecule has 0 spiro atoms. The zero-order valence-corrected chi connectivity index (χ0v) is 11.9. The van der Waals surface area contributed by atoms with Crippen LogP contribution in [0.1, 0.15) is 63.0 Å². The summed E-state index contributed by atoms with van der Waals surface area (Å²) >= 11 is 0. The molecule has 1 aromatic carbocycles. The first-order valence-electron chi connectivity index (χ1n) is 7.66. The van der Waals surface area contributed by atoms with Crippen LogP contribution in [0.3, 0.4) is 0 Å². The molecule has 1 aliphatic carbocycles. The fraction of sp³-hybridized carbons (Fsp3) is 0.647. The zero-order valence-electron chi connectivity index (χ0n) is 11.9. The van der Waals surface area contributed by atoms with Gasteiger partial charge in [-0.25, -0.2) is 0 Å². The molecule has 1 unspecified atom stereocenters. The molecule has 0 aliphatic heterocycles. The van der Waals surface area contributed by atoms with Gasteiger partial charge in [-0.15, -0.1) is 0 Å². The summed E-state index contributed by atoms with van der Waals surface area (Å²) in [5, 5.41) is 3.58. The average molecular weight is 245 g/mol. The van der Waals surface area contributed by atoms with Crippen LogP contribution in [-0.2, 0) is 6.42 Å². The van der Waals surface area contributed by atoms with Crippen LogP contribution < -0.4 is 5.32 Å². The van der Waals surface area contributed by atoms with E-state index < -0.39 is 0 Å². The van der Waals surface area contributed by atoms with Crippen LogP contribution >= 0.6 is 0 Å². The molecular formula is C17H27N. The van der Waals surface area contributed by atoms with E-state index in [1.165, 1.54) is 38.5 Å². The maximum Gasteiger partial charge on any atom is 0.00674 e. The van der Waals surface area contributed by atoms with E-state index in [1.807, 2.05) is 0 Å². The third-order valence-corrected chi connectivity index (χ3v) is 4.35. The van der Waals surface area contributed by atoms with E-state index in [0.29, 0.717) is 6.04 Å². The van der Waals surface area contributed by atoms with Crippen molar-refractivity contribution >= 4 is 0 Å². The summed E-state index contributed by atoms with van der Waals surface area (Å²) < 4.78 is 0. The minimum absolute atomic E-state index is 0.685. The Morgan fingerprint density at radius 1 is 1.22 bits per heavy atom. The predicted octanol–water partition coefficient (Wildman–Crippen LogP) is 4.27. The molecular weight excluding hydrogens is 218 g/mol. The summed E-state index contributed by atoms with van der Waals surface area (Å²) in [5.41, 5.74) is 3.23. The number of nitrogens with one attached hydrogen (secondary N) is 1. The van der Waals surface area contributed by atoms with Crippen molar-refractivity contribution in [2.24, 2.45) is 0 Å². The molecule has 1 aliphatic rings. The van der Waals surface area contributed by atoms with Crippen molar-refractivity contribution in [3.63, 3.8) is 0 Å². The lowest BCUT2D eigenvalue weighted by Crippen LogP contribution is -2.28. The van der Waals surface area contributed by atoms with Crippen LogP contribution in [0.5, 0.6) is 0 Å². The van der Waals surface area contributed by atoms with Crippen molar-refractivity contribution in [3.8, 4) is 0 Å². The van der Waals surface area contributed by atoms with Crippen LogP contribution in [0.25, 0.3) is 0 Å². The summed E-state index contributed by atoms with van der Waals surface area (Å²) in [6.07, 6.45) is 7.97. The van der Waals surface area contributed by atoms with Crippen molar-refractivity contribution in [1.29, 1.82) is 0 Å². The summed E-state index contributed by atoms with van der Waals surface area (Å²) in [4.78, 5) is 0. The Hall–Kier alpha value is -0.820. The number of hydrogen-bond acceptors (Lipinski definition) is 1. The van der Waals surface area contributed by atoms with Gasteiger partial charge in [-0.05, 0) is 55.7 Å². The second-order valence-electron chi connectivity index (χ2n) is 5.53. The number of hydrogen-bond donors (Lipinski definition) is 1. The van der Waals surface area contributed by atoms with Gasteiger partial charge in [-0.3, -0.25) is 0 Å². The molecule has 1 nitrogen and oxygen atoms in total. The molecule has 1 N–H and O–H groups in total. The maximum absolute atomic E-state index is 3.58. The number of benzene rings is 1. The van der Waals surface area contributed by atoms with Crippen molar-refractivity contribution in [2.75, 3.05) is 6.54 Å². The quantitative estimate of drug-likeness (QED) is 0.756. The summed E-state index contributed by atoms with van der Waals surface area (Å²) in [6, 6.07) is 9.79. The standard InChI is InChI=1S/C17H27N/c1-3-16(18-4-2)13-12-15-8-5-6-11-17(15)14-9-7-10-14/h5-6,8,11,14,16,18H,3-4,7,9-10,12-13H2,1-2H3. The lowest BCUT2D eigenvalue weighted by molar-refractivity contribution is 0.415. The lowest BCUT2D eigenvalue weighted by atomic mass is 9.77. The Bertz CT molecular complexity index is 354. The van der Waals surface area contributed by atoms with Crippen LogP contribution in [-0.4, -0.2) is 12.6 Å². The molecule has 2 rings (SSSR count).